The molecule has 1 aromatic carbocycles. The first-order valence-electron chi connectivity index (χ1n) is 5.33. The van der Waals surface area contributed by atoms with E-state index < -0.39 is 0 Å². The number of aryl methyl sites for hydroxylation is 1. The Morgan fingerprint density at radius 3 is 2.65 bits per heavy atom. The van der Waals surface area contributed by atoms with Crippen LogP contribution in [0.3, 0.4) is 0 Å². The van der Waals surface area contributed by atoms with Crippen molar-refractivity contribution in [1.29, 1.82) is 0 Å². The zero-order chi connectivity index (χ0) is 11.8. The Morgan fingerprint density at radius 1 is 1.12 bits per heavy atom. The van der Waals surface area contributed by atoms with E-state index in [2.05, 4.69) is 10.1 Å². The number of phenols is 1. The fourth-order valence-corrected chi connectivity index (χ4v) is 1.92. The molecule has 0 atom stereocenters. The van der Waals surface area contributed by atoms with Crippen LogP contribution in [0, 0.1) is 0 Å². The smallest absolute Gasteiger partial charge is 0.158 e. The highest BCUT2D eigenvalue weighted by Crippen LogP contribution is 2.27. The summed E-state index contributed by atoms with van der Waals surface area (Å²) in [5.74, 6) is 0.257. The van der Waals surface area contributed by atoms with Gasteiger partial charge in [-0.1, -0.05) is 0 Å². The van der Waals surface area contributed by atoms with Crippen molar-refractivity contribution >= 4 is 11.0 Å². The molecular formula is C13H11N3O. The van der Waals surface area contributed by atoms with Crippen LogP contribution in [0.4, 0.5) is 0 Å². The highest BCUT2D eigenvalue weighted by atomic mass is 16.3. The van der Waals surface area contributed by atoms with Gasteiger partial charge in [-0.15, -0.1) is 0 Å². The van der Waals surface area contributed by atoms with Gasteiger partial charge in [0, 0.05) is 24.2 Å². The number of hydrogen-bond acceptors (Lipinski definition) is 3. The molecule has 2 heterocycles. The second-order valence-electron chi connectivity index (χ2n) is 3.89. The van der Waals surface area contributed by atoms with E-state index in [0.717, 1.165) is 22.3 Å². The molecule has 0 bridgehead atoms. The molecule has 0 aliphatic carbocycles. The Hall–Kier alpha value is -2.36. The first-order chi connectivity index (χ1) is 8.25. The molecule has 0 spiro atoms. The third-order valence-corrected chi connectivity index (χ3v) is 2.74. The third-order valence-electron chi connectivity index (χ3n) is 2.74. The molecule has 0 fully saturated rings. The Bertz CT molecular complexity index is 671. The Kier molecular flexibility index (Phi) is 2.08. The van der Waals surface area contributed by atoms with E-state index in [-0.39, 0.29) is 5.75 Å². The monoisotopic (exact) mass is 225 g/mol. The van der Waals surface area contributed by atoms with Crippen molar-refractivity contribution in [3.05, 3.63) is 42.6 Å². The van der Waals surface area contributed by atoms with Crippen molar-refractivity contribution in [2.45, 2.75) is 0 Å². The lowest BCUT2D eigenvalue weighted by molar-refractivity contribution is 0.475. The number of fused-ring (bicyclic) bond motifs is 1. The topological polar surface area (TPSA) is 50.9 Å². The van der Waals surface area contributed by atoms with Gasteiger partial charge in [0.1, 0.15) is 11.4 Å². The molecule has 4 heteroatoms. The van der Waals surface area contributed by atoms with Crippen LogP contribution in [0.5, 0.6) is 5.75 Å². The van der Waals surface area contributed by atoms with Gasteiger partial charge >= 0.3 is 0 Å². The molecule has 0 aliphatic heterocycles. The van der Waals surface area contributed by atoms with Crippen molar-refractivity contribution in [3.63, 3.8) is 0 Å². The minimum absolute atomic E-state index is 0.257. The maximum absolute atomic E-state index is 9.28. The van der Waals surface area contributed by atoms with Crippen molar-refractivity contribution in [1.82, 2.24) is 14.8 Å². The highest BCUT2D eigenvalue weighted by molar-refractivity contribution is 5.91. The van der Waals surface area contributed by atoms with E-state index in [9.17, 15) is 5.11 Å². The lowest BCUT2D eigenvalue weighted by Crippen LogP contribution is -1.91. The van der Waals surface area contributed by atoms with Gasteiger partial charge < -0.3 is 5.11 Å². The van der Waals surface area contributed by atoms with Crippen LogP contribution < -0.4 is 0 Å². The molecule has 0 saturated heterocycles. The summed E-state index contributed by atoms with van der Waals surface area (Å²) >= 11 is 0. The van der Waals surface area contributed by atoms with Crippen LogP contribution >= 0.6 is 0 Å². The summed E-state index contributed by atoms with van der Waals surface area (Å²) in [6.45, 7) is 0. The van der Waals surface area contributed by atoms with E-state index in [1.807, 2.05) is 31.3 Å². The normalized spacial score (nSPS) is 10.9. The quantitative estimate of drug-likeness (QED) is 0.691. The van der Waals surface area contributed by atoms with E-state index in [1.165, 1.54) is 0 Å². The molecule has 84 valence electrons. The van der Waals surface area contributed by atoms with E-state index in [4.69, 9.17) is 0 Å². The number of hydrogen-bond donors (Lipinski definition) is 1. The second kappa shape index (κ2) is 3.59. The standard InChI is InChI=1S/C13H11N3O/c1-16-13-11(3-2-8-14-13)12(15-16)9-4-6-10(17)7-5-9/h2-8,17H,1H3. The lowest BCUT2D eigenvalue weighted by Gasteiger charge is -1.97. The van der Waals surface area contributed by atoms with Crippen LogP contribution in [0.2, 0.25) is 0 Å². The van der Waals surface area contributed by atoms with Crippen LogP contribution in [0.25, 0.3) is 22.3 Å². The van der Waals surface area contributed by atoms with Gasteiger partial charge in [-0.25, -0.2) is 9.67 Å². The predicted octanol–water partition coefficient (Wildman–Crippen LogP) is 2.34. The molecule has 0 radical (unpaired) electrons. The maximum Gasteiger partial charge on any atom is 0.158 e. The minimum Gasteiger partial charge on any atom is -0.508 e. The summed E-state index contributed by atoms with van der Waals surface area (Å²) in [5, 5.41) is 14.8. The van der Waals surface area contributed by atoms with Crippen LogP contribution in [-0.2, 0) is 7.05 Å². The summed E-state index contributed by atoms with van der Waals surface area (Å²) in [6.07, 6.45) is 1.75. The number of aromatic nitrogens is 3. The molecule has 0 unspecified atom stereocenters. The zero-order valence-electron chi connectivity index (χ0n) is 9.33. The van der Waals surface area contributed by atoms with Gasteiger partial charge in [-0.2, -0.15) is 5.10 Å². The minimum atomic E-state index is 0.257. The summed E-state index contributed by atoms with van der Waals surface area (Å²) in [4.78, 5) is 4.30. The van der Waals surface area contributed by atoms with Gasteiger partial charge in [0.15, 0.2) is 5.65 Å². The SMILES string of the molecule is Cn1nc(-c2ccc(O)cc2)c2cccnc21. The Labute approximate surface area is 98.2 Å². The molecule has 3 aromatic rings. The van der Waals surface area contributed by atoms with Gasteiger partial charge in [0.25, 0.3) is 0 Å². The van der Waals surface area contributed by atoms with Crippen LogP contribution in [0.1, 0.15) is 0 Å². The maximum atomic E-state index is 9.28. The average Bonchev–Trinajstić information content (AvgIpc) is 2.69. The summed E-state index contributed by atoms with van der Waals surface area (Å²) in [7, 11) is 1.87. The number of benzene rings is 1. The molecule has 2 aromatic heterocycles. The fourth-order valence-electron chi connectivity index (χ4n) is 1.92. The molecular weight excluding hydrogens is 214 g/mol. The van der Waals surface area contributed by atoms with Gasteiger partial charge in [-0.3, -0.25) is 0 Å². The van der Waals surface area contributed by atoms with Crippen molar-refractivity contribution in [2.24, 2.45) is 7.05 Å². The van der Waals surface area contributed by atoms with Crippen LogP contribution in [-0.4, -0.2) is 19.9 Å². The van der Waals surface area contributed by atoms with E-state index in [1.54, 1.807) is 23.0 Å². The molecule has 0 amide bonds. The number of aromatic hydroxyl groups is 1. The van der Waals surface area contributed by atoms with Crippen molar-refractivity contribution < 1.29 is 5.11 Å². The second-order valence-corrected chi connectivity index (χ2v) is 3.89. The van der Waals surface area contributed by atoms with Crippen molar-refractivity contribution in [2.75, 3.05) is 0 Å². The highest BCUT2D eigenvalue weighted by Gasteiger charge is 2.10. The van der Waals surface area contributed by atoms with E-state index >= 15 is 0 Å². The summed E-state index contributed by atoms with van der Waals surface area (Å²) < 4.78 is 1.76. The lowest BCUT2D eigenvalue weighted by atomic mass is 10.1. The third kappa shape index (κ3) is 1.54. The molecule has 1 N–H and O–H groups in total. The average molecular weight is 225 g/mol. The Morgan fingerprint density at radius 2 is 1.88 bits per heavy atom. The van der Waals surface area contributed by atoms with E-state index in [0.29, 0.717) is 0 Å². The number of phenolic OH excluding ortho intramolecular Hbond substituents is 1. The molecule has 0 aliphatic rings. The number of rotatable bonds is 1. The van der Waals surface area contributed by atoms with Gasteiger partial charge in [-0.05, 0) is 36.4 Å². The zero-order valence-corrected chi connectivity index (χ0v) is 9.33. The largest absolute Gasteiger partial charge is 0.508 e. The predicted molar refractivity (Wildman–Crippen MR) is 65.6 cm³/mol. The van der Waals surface area contributed by atoms with Gasteiger partial charge in [0.2, 0.25) is 0 Å². The fraction of sp³-hybridized carbons (Fsp3) is 0.0769. The molecule has 4 nitrogen and oxygen atoms in total. The molecule has 3 rings (SSSR count). The molecule has 17 heavy (non-hydrogen) atoms. The number of pyridine rings is 1. The summed E-state index contributed by atoms with van der Waals surface area (Å²) in [5.41, 5.74) is 2.72. The summed E-state index contributed by atoms with van der Waals surface area (Å²) in [6, 6.07) is 10.9. The first kappa shape index (κ1) is 9.84. The van der Waals surface area contributed by atoms with Crippen molar-refractivity contribution in [3.8, 4) is 17.0 Å². The Balaban J connectivity index is 2.27. The number of nitrogens with zero attached hydrogens (tertiary/aromatic N) is 3. The molecule has 0 saturated carbocycles. The van der Waals surface area contributed by atoms with Gasteiger partial charge in [0.05, 0.1) is 0 Å². The first-order valence-corrected chi connectivity index (χ1v) is 5.33. The van der Waals surface area contributed by atoms with Crippen LogP contribution in [0.15, 0.2) is 42.6 Å².